The van der Waals surface area contributed by atoms with E-state index in [2.05, 4.69) is 9.80 Å². The minimum absolute atomic E-state index is 0.123. The lowest BCUT2D eigenvalue weighted by Crippen LogP contribution is -2.48. The molecule has 0 radical (unpaired) electrons. The summed E-state index contributed by atoms with van der Waals surface area (Å²) in [5.41, 5.74) is 0. The van der Waals surface area contributed by atoms with E-state index in [1.807, 2.05) is 4.90 Å². The molecule has 0 amide bonds. The van der Waals surface area contributed by atoms with Gasteiger partial charge in [-0.1, -0.05) is 0 Å². The zero-order chi connectivity index (χ0) is 21.9. The first-order chi connectivity index (χ1) is 13.5. The van der Waals surface area contributed by atoms with Gasteiger partial charge in [-0.3, -0.25) is 28.7 Å². The van der Waals surface area contributed by atoms with Crippen molar-refractivity contribution in [2.45, 2.75) is 0 Å². The van der Waals surface area contributed by atoms with Gasteiger partial charge < -0.3 is 10.2 Å². The van der Waals surface area contributed by atoms with E-state index < -0.39 is 20.2 Å². The summed E-state index contributed by atoms with van der Waals surface area (Å²) in [5, 5.41) is 17.4. The zero-order valence-corrected chi connectivity index (χ0v) is 18.3. The molecule has 0 aromatic rings. The summed E-state index contributed by atoms with van der Waals surface area (Å²) >= 11 is 0. The first-order valence-electron chi connectivity index (χ1n) is 9.54. The van der Waals surface area contributed by atoms with E-state index >= 15 is 0 Å². The second kappa shape index (κ2) is 13.1. The molecular weight excluding hydrogens is 428 g/mol. The van der Waals surface area contributed by atoms with Crippen molar-refractivity contribution in [2.75, 3.05) is 96.8 Å². The van der Waals surface area contributed by atoms with E-state index in [-0.39, 0.29) is 24.8 Å². The highest BCUT2D eigenvalue weighted by molar-refractivity contribution is 7.86. The van der Waals surface area contributed by atoms with Gasteiger partial charge in [0, 0.05) is 72.0 Å². The molecule has 29 heavy (non-hydrogen) atoms. The fraction of sp³-hybridized carbons (Fsp3) is 1.00. The molecule has 0 saturated carbocycles. The van der Waals surface area contributed by atoms with Gasteiger partial charge in [0.05, 0.1) is 19.0 Å². The first kappa shape index (κ1) is 26.6. The van der Waals surface area contributed by atoms with Gasteiger partial charge in [0.25, 0.3) is 20.2 Å². The largest absolute Gasteiger partial charge is 0.395 e. The van der Waals surface area contributed by atoms with Crippen LogP contribution in [0.3, 0.4) is 0 Å². The summed E-state index contributed by atoms with van der Waals surface area (Å²) < 4.78 is 59.4. The Hall–Kier alpha value is -0.420. The van der Waals surface area contributed by atoms with Crippen LogP contribution in [-0.2, 0) is 20.2 Å². The van der Waals surface area contributed by atoms with E-state index in [9.17, 15) is 16.8 Å². The van der Waals surface area contributed by atoms with Gasteiger partial charge in [-0.05, 0) is 0 Å². The van der Waals surface area contributed by atoms with Crippen LogP contribution in [-0.4, -0.2) is 153 Å². The Bertz CT molecular complexity index is 645. The summed E-state index contributed by atoms with van der Waals surface area (Å²) in [6, 6.07) is 0. The molecule has 2 aliphatic heterocycles. The Labute approximate surface area is 173 Å². The maximum atomic E-state index is 10.6. The Morgan fingerprint density at radius 1 is 0.552 bits per heavy atom. The van der Waals surface area contributed by atoms with Crippen molar-refractivity contribution < 1.29 is 36.2 Å². The van der Waals surface area contributed by atoms with Crippen molar-refractivity contribution >= 4 is 20.2 Å². The third-order valence-electron chi connectivity index (χ3n) is 4.77. The van der Waals surface area contributed by atoms with Gasteiger partial charge >= 0.3 is 0 Å². The normalized spacial score (nSPS) is 21.0. The van der Waals surface area contributed by atoms with Gasteiger partial charge in [0.1, 0.15) is 5.88 Å². The van der Waals surface area contributed by atoms with Gasteiger partial charge in [-0.15, -0.1) is 0 Å². The standard InChI is InChI=1S/C8H18N2O4S.C7H16N2O4S/c11-7-5-9-1-3-10(4-2-9)6-8-15(12,13)14;10-6-5-8-1-3-9(4-2-8)7-14(11,12)13/h11H,1-8H2,(H,12,13,14);10H,1-7H2,(H,11,12,13). The highest BCUT2D eigenvalue weighted by Gasteiger charge is 2.20. The van der Waals surface area contributed by atoms with Gasteiger partial charge in [0.2, 0.25) is 0 Å². The zero-order valence-electron chi connectivity index (χ0n) is 16.6. The molecule has 0 unspecified atom stereocenters. The van der Waals surface area contributed by atoms with Crippen LogP contribution in [0.2, 0.25) is 0 Å². The highest BCUT2D eigenvalue weighted by Crippen LogP contribution is 2.03. The fourth-order valence-electron chi connectivity index (χ4n) is 3.14. The molecule has 0 bridgehead atoms. The van der Waals surface area contributed by atoms with Crippen LogP contribution in [0.25, 0.3) is 0 Å². The predicted octanol–water partition coefficient (Wildman–Crippen LogP) is -3.07. The number of rotatable bonds is 9. The van der Waals surface area contributed by atoms with Crippen LogP contribution in [0.4, 0.5) is 0 Å². The molecule has 174 valence electrons. The van der Waals surface area contributed by atoms with E-state index in [1.54, 1.807) is 4.90 Å². The maximum Gasteiger partial charge on any atom is 0.278 e. The Kier molecular flexibility index (Phi) is 12.0. The summed E-state index contributed by atoms with van der Waals surface area (Å²) in [6.45, 7) is 7.90. The molecule has 2 rings (SSSR count). The third kappa shape index (κ3) is 13.5. The quantitative estimate of drug-likeness (QED) is 0.256. The van der Waals surface area contributed by atoms with Crippen molar-refractivity contribution in [1.82, 2.24) is 19.6 Å². The molecular formula is C15H34N4O8S2. The Morgan fingerprint density at radius 3 is 1.21 bits per heavy atom. The lowest BCUT2D eigenvalue weighted by Gasteiger charge is -2.33. The molecule has 2 heterocycles. The lowest BCUT2D eigenvalue weighted by atomic mass is 10.3. The van der Waals surface area contributed by atoms with Gasteiger partial charge in [-0.2, -0.15) is 16.8 Å². The molecule has 0 spiro atoms. The minimum atomic E-state index is -3.90. The number of aliphatic hydroxyl groups excluding tert-OH is 2. The first-order valence-corrected chi connectivity index (χ1v) is 12.8. The van der Waals surface area contributed by atoms with Crippen LogP contribution in [0, 0.1) is 0 Å². The minimum Gasteiger partial charge on any atom is -0.395 e. The molecule has 0 atom stereocenters. The van der Waals surface area contributed by atoms with Crippen LogP contribution < -0.4 is 0 Å². The van der Waals surface area contributed by atoms with Crippen LogP contribution in [0.5, 0.6) is 0 Å². The van der Waals surface area contributed by atoms with E-state index in [1.165, 1.54) is 0 Å². The highest BCUT2D eigenvalue weighted by atomic mass is 32.2. The van der Waals surface area contributed by atoms with Crippen LogP contribution >= 0.6 is 0 Å². The van der Waals surface area contributed by atoms with Crippen molar-refractivity contribution in [3.8, 4) is 0 Å². The second-order valence-electron chi connectivity index (χ2n) is 7.09. The number of piperazine rings is 2. The summed E-state index contributed by atoms with van der Waals surface area (Å²) in [4.78, 5) is 7.87. The van der Waals surface area contributed by atoms with E-state index in [0.717, 1.165) is 39.3 Å². The van der Waals surface area contributed by atoms with Gasteiger partial charge in [-0.25, -0.2) is 0 Å². The lowest BCUT2D eigenvalue weighted by molar-refractivity contribution is 0.116. The van der Waals surface area contributed by atoms with E-state index in [4.69, 9.17) is 19.3 Å². The van der Waals surface area contributed by atoms with Crippen molar-refractivity contribution in [1.29, 1.82) is 0 Å². The average molecular weight is 463 g/mol. The average Bonchev–Trinajstić information content (AvgIpc) is 2.62. The van der Waals surface area contributed by atoms with E-state index in [0.29, 0.717) is 32.7 Å². The van der Waals surface area contributed by atoms with Crippen LogP contribution in [0.15, 0.2) is 0 Å². The molecule has 0 aromatic heterocycles. The molecule has 4 N–H and O–H groups in total. The molecule has 0 aliphatic carbocycles. The summed E-state index contributed by atoms with van der Waals surface area (Å²) in [5.74, 6) is -0.493. The molecule has 12 nitrogen and oxygen atoms in total. The smallest absolute Gasteiger partial charge is 0.278 e. The summed E-state index contributed by atoms with van der Waals surface area (Å²) in [6.07, 6.45) is 0. The molecule has 2 fully saturated rings. The van der Waals surface area contributed by atoms with Crippen molar-refractivity contribution in [2.24, 2.45) is 0 Å². The second-order valence-corrected chi connectivity index (χ2v) is 10.1. The molecule has 0 aromatic carbocycles. The monoisotopic (exact) mass is 462 g/mol. The third-order valence-corrected chi connectivity index (χ3v) is 6.16. The molecule has 2 saturated heterocycles. The SMILES string of the molecule is O=S(=O)(O)CCN1CCN(CCO)CC1.O=S(=O)(O)CN1CCN(CCO)CC1. The number of hydrogen-bond acceptors (Lipinski definition) is 10. The van der Waals surface area contributed by atoms with Gasteiger partial charge in [0.15, 0.2) is 0 Å². The molecule has 2 aliphatic rings. The summed E-state index contributed by atoms with van der Waals surface area (Å²) in [7, 11) is -7.74. The number of hydrogen-bond donors (Lipinski definition) is 4. The topological polar surface area (TPSA) is 162 Å². The Balaban J connectivity index is 0.000000291. The Morgan fingerprint density at radius 2 is 0.897 bits per heavy atom. The van der Waals surface area contributed by atoms with Crippen LogP contribution in [0.1, 0.15) is 0 Å². The van der Waals surface area contributed by atoms with Crippen molar-refractivity contribution in [3.05, 3.63) is 0 Å². The number of nitrogens with zero attached hydrogens (tertiary/aromatic N) is 4. The predicted molar refractivity (Wildman–Crippen MR) is 108 cm³/mol. The molecule has 14 heteroatoms. The number of β-amino-alcohol motifs (C(OH)–C–C–N with tert-alkyl or cyclic N) is 2. The fourth-order valence-corrected chi connectivity index (χ4v) is 4.35. The number of aliphatic hydroxyl groups is 2. The maximum absolute atomic E-state index is 10.6. The van der Waals surface area contributed by atoms with Crippen molar-refractivity contribution in [3.63, 3.8) is 0 Å².